The lowest BCUT2D eigenvalue weighted by Crippen LogP contribution is -2.40. The van der Waals surface area contributed by atoms with Crippen LogP contribution in [0.1, 0.15) is 42.5 Å². The van der Waals surface area contributed by atoms with Crippen LogP contribution in [0.4, 0.5) is 5.69 Å². The van der Waals surface area contributed by atoms with Gasteiger partial charge in [0, 0.05) is 11.7 Å². The molecule has 2 aromatic carbocycles. The highest BCUT2D eigenvalue weighted by Gasteiger charge is 2.34. The molecule has 1 fully saturated rings. The number of carbonyl (C=O) groups is 1. The van der Waals surface area contributed by atoms with Gasteiger partial charge in [-0.25, -0.2) is 0 Å². The van der Waals surface area contributed by atoms with Gasteiger partial charge in [-0.15, -0.1) is 0 Å². The highest BCUT2D eigenvalue weighted by atomic mass is 16.2. The number of aryl methyl sites for hydroxylation is 2. The molecule has 2 N–H and O–H groups in total. The highest BCUT2D eigenvalue weighted by Crippen LogP contribution is 2.41. The number of anilines is 1. The summed E-state index contributed by atoms with van der Waals surface area (Å²) in [5.41, 5.74) is 4.53. The predicted molar refractivity (Wildman–Crippen MR) is 99.1 cm³/mol. The average molecular weight is 322 g/mol. The first-order chi connectivity index (χ1) is 11.5. The molecule has 2 atom stereocenters. The second-order valence-corrected chi connectivity index (χ2v) is 6.97. The molecule has 3 nitrogen and oxygen atoms in total. The second kappa shape index (κ2) is 7.18. The molecular formula is C21H26N2O. The van der Waals surface area contributed by atoms with Crippen molar-refractivity contribution in [2.75, 3.05) is 5.32 Å². The van der Waals surface area contributed by atoms with Gasteiger partial charge in [-0.1, -0.05) is 42.0 Å². The zero-order valence-electron chi connectivity index (χ0n) is 14.7. The van der Waals surface area contributed by atoms with Crippen LogP contribution >= 0.6 is 0 Å². The number of rotatable bonds is 6. The van der Waals surface area contributed by atoms with Crippen molar-refractivity contribution >= 4 is 11.6 Å². The van der Waals surface area contributed by atoms with Crippen molar-refractivity contribution < 1.29 is 4.79 Å². The van der Waals surface area contributed by atoms with E-state index in [-0.39, 0.29) is 18.0 Å². The SMILES string of the molecule is Cc1ccc([C@@H](N[C@H](C)C(=O)Nc2cccc(C)c2)C2CC2)cc1. The Morgan fingerprint density at radius 3 is 2.38 bits per heavy atom. The molecule has 0 aliphatic heterocycles. The summed E-state index contributed by atoms with van der Waals surface area (Å²) in [6.45, 7) is 6.06. The number of benzene rings is 2. The number of hydrogen-bond donors (Lipinski definition) is 2. The number of amides is 1. The van der Waals surface area contributed by atoms with Crippen LogP contribution in [0, 0.1) is 19.8 Å². The van der Waals surface area contributed by atoms with Crippen LogP contribution in [0.3, 0.4) is 0 Å². The summed E-state index contributed by atoms with van der Waals surface area (Å²) < 4.78 is 0. The minimum atomic E-state index is -0.239. The van der Waals surface area contributed by atoms with E-state index < -0.39 is 0 Å². The van der Waals surface area contributed by atoms with E-state index in [4.69, 9.17) is 0 Å². The molecule has 24 heavy (non-hydrogen) atoms. The Bertz CT molecular complexity index is 704. The van der Waals surface area contributed by atoms with Crippen LogP contribution in [0.2, 0.25) is 0 Å². The van der Waals surface area contributed by atoms with Gasteiger partial charge < -0.3 is 5.32 Å². The maximum atomic E-state index is 12.5. The zero-order chi connectivity index (χ0) is 17.1. The standard InChI is InChI=1S/C21H26N2O/c1-14-7-9-17(10-8-14)20(18-11-12-18)22-16(3)21(24)23-19-6-4-5-15(2)13-19/h4-10,13,16,18,20,22H,11-12H2,1-3H3,(H,23,24)/t16-,20-/m1/s1. The van der Waals surface area contributed by atoms with Gasteiger partial charge in [0.2, 0.25) is 5.91 Å². The maximum Gasteiger partial charge on any atom is 0.241 e. The predicted octanol–water partition coefficient (Wildman–Crippen LogP) is 4.37. The summed E-state index contributed by atoms with van der Waals surface area (Å²) in [7, 11) is 0. The van der Waals surface area contributed by atoms with Crippen molar-refractivity contribution in [2.24, 2.45) is 5.92 Å². The molecular weight excluding hydrogens is 296 g/mol. The Morgan fingerprint density at radius 1 is 1.04 bits per heavy atom. The Kier molecular flexibility index (Phi) is 5.00. The van der Waals surface area contributed by atoms with Gasteiger partial charge >= 0.3 is 0 Å². The van der Waals surface area contributed by atoms with Crippen molar-refractivity contribution in [1.82, 2.24) is 5.32 Å². The van der Waals surface area contributed by atoms with Crippen LogP contribution in [-0.2, 0) is 4.79 Å². The van der Waals surface area contributed by atoms with Crippen molar-refractivity contribution in [3.8, 4) is 0 Å². The number of hydrogen-bond acceptors (Lipinski definition) is 2. The monoisotopic (exact) mass is 322 g/mol. The summed E-state index contributed by atoms with van der Waals surface area (Å²) in [6, 6.07) is 16.6. The van der Waals surface area contributed by atoms with Crippen molar-refractivity contribution in [3.63, 3.8) is 0 Å². The van der Waals surface area contributed by atoms with E-state index in [9.17, 15) is 4.79 Å². The van der Waals surface area contributed by atoms with E-state index >= 15 is 0 Å². The van der Waals surface area contributed by atoms with Gasteiger partial charge in [0.05, 0.1) is 6.04 Å². The van der Waals surface area contributed by atoms with Crippen molar-refractivity contribution in [2.45, 2.75) is 45.7 Å². The Hall–Kier alpha value is -2.13. The van der Waals surface area contributed by atoms with E-state index in [1.807, 2.05) is 38.1 Å². The molecule has 0 radical (unpaired) electrons. The molecule has 0 unspecified atom stereocenters. The molecule has 0 bridgehead atoms. The highest BCUT2D eigenvalue weighted by molar-refractivity contribution is 5.94. The van der Waals surface area contributed by atoms with Crippen molar-refractivity contribution in [3.05, 3.63) is 65.2 Å². The zero-order valence-corrected chi connectivity index (χ0v) is 14.7. The fraction of sp³-hybridized carbons (Fsp3) is 0.381. The van der Waals surface area contributed by atoms with Crippen LogP contribution in [0.5, 0.6) is 0 Å². The molecule has 1 amide bonds. The fourth-order valence-corrected chi connectivity index (χ4v) is 3.03. The first-order valence-corrected chi connectivity index (χ1v) is 8.73. The lowest BCUT2D eigenvalue weighted by molar-refractivity contribution is -0.118. The molecule has 1 aliphatic rings. The normalized spacial score (nSPS) is 16.5. The first-order valence-electron chi connectivity index (χ1n) is 8.73. The van der Waals surface area contributed by atoms with E-state index in [0.717, 1.165) is 11.3 Å². The Morgan fingerprint density at radius 2 is 1.75 bits per heavy atom. The van der Waals surface area contributed by atoms with Gasteiger partial charge in [-0.2, -0.15) is 0 Å². The van der Waals surface area contributed by atoms with Gasteiger partial charge in [0.25, 0.3) is 0 Å². The third-order valence-electron chi connectivity index (χ3n) is 4.64. The van der Waals surface area contributed by atoms with Gasteiger partial charge in [-0.05, 0) is 62.8 Å². The van der Waals surface area contributed by atoms with Crippen LogP contribution < -0.4 is 10.6 Å². The Labute approximate surface area is 144 Å². The molecule has 2 aromatic rings. The number of carbonyl (C=O) groups excluding carboxylic acids is 1. The van der Waals surface area contributed by atoms with E-state index in [1.54, 1.807) is 0 Å². The molecule has 1 saturated carbocycles. The van der Waals surface area contributed by atoms with E-state index in [0.29, 0.717) is 5.92 Å². The largest absolute Gasteiger partial charge is 0.325 e. The maximum absolute atomic E-state index is 12.5. The Balaban J connectivity index is 1.66. The molecule has 0 spiro atoms. The fourth-order valence-electron chi connectivity index (χ4n) is 3.03. The molecule has 3 rings (SSSR count). The minimum absolute atomic E-state index is 0.0124. The average Bonchev–Trinajstić information content (AvgIpc) is 3.38. The summed E-state index contributed by atoms with van der Waals surface area (Å²) in [4.78, 5) is 12.5. The number of nitrogens with one attached hydrogen (secondary N) is 2. The topological polar surface area (TPSA) is 41.1 Å². The third-order valence-corrected chi connectivity index (χ3v) is 4.64. The molecule has 3 heteroatoms. The third kappa shape index (κ3) is 4.24. The second-order valence-electron chi connectivity index (χ2n) is 6.97. The summed E-state index contributed by atoms with van der Waals surface area (Å²) in [5, 5.41) is 6.54. The van der Waals surface area contributed by atoms with Gasteiger partial charge in [-0.3, -0.25) is 10.1 Å². The van der Waals surface area contributed by atoms with Gasteiger partial charge in [0.1, 0.15) is 0 Å². The summed E-state index contributed by atoms with van der Waals surface area (Å²) >= 11 is 0. The summed E-state index contributed by atoms with van der Waals surface area (Å²) in [6.07, 6.45) is 2.47. The van der Waals surface area contributed by atoms with Crippen LogP contribution in [0.15, 0.2) is 48.5 Å². The molecule has 0 saturated heterocycles. The molecule has 1 aliphatic carbocycles. The van der Waals surface area contributed by atoms with Crippen LogP contribution in [0.25, 0.3) is 0 Å². The van der Waals surface area contributed by atoms with Crippen molar-refractivity contribution in [1.29, 1.82) is 0 Å². The smallest absolute Gasteiger partial charge is 0.241 e. The summed E-state index contributed by atoms with van der Waals surface area (Å²) in [5.74, 6) is 0.653. The molecule has 0 heterocycles. The minimum Gasteiger partial charge on any atom is -0.325 e. The van der Waals surface area contributed by atoms with E-state index in [2.05, 4.69) is 41.8 Å². The van der Waals surface area contributed by atoms with Crippen LogP contribution in [-0.4, -0.2) is 11.9 Å². The molecule has 0 aromatic heterocycles. The lowest BCUT2D eigenvalue weighted by Gasteiger charge is -2.23. The van der Waals surface area contributed by atoms with Gasteiger partial charge in [0.15, 0.2) is 0 Å². The quantitative estimate of drug-likeness (QED) is 0.829. The van der Waals surface area contributed by atoms with E-state index in [1.165, 1.54) is 24.0 Å². The lowest BCUT2D eigenvalue weighted by atomic mass is 10.00. The first kappa shape index (κ1) is 16.7. The molecule has 126 valence electrons.